The normalized spacial score (nSPS) is 12.9. The van der Waals surface area contributed by atoms with E-state index in [1.165, 1.54) is 18.9 Å². The first-order chi connectivity index (χ1) is 14.1. The van der Waals surface area contributed by atoms with E-state index < -0.39 is 0 Å². The molecule has 1 aromatic heterocycles. The van der Waals surface area contributed by atoms with E-state index in [-0.39, 0.29) is 30.5 Å². The van der Waals surface area contributed by atoms with E-state index in [4.69, 9.17) is 9.47 Å². The summed E-state index contributed by atoms with van der Waals surface area (Å²) in [7, 11) is 3.09. The Morgan fingerprint density at radius 3 is 2.79 bits per heavy atom. The first-order valence-electron chi connectivity index (χ1n) is 9.45. The van der Waals surface area contributed by atoms with Crippen molar-refractivity contribution in [2.75, 3.05) is 31.9 Å². The molecule has 29 heavy (non-hydrogen) atoms. The van der Waals surface area contributed by atoms with Crippen LogP contribution in [0.15, 0.2) is 28.0 Å². The van der Waals surface area contributed by atoms with Crippen LogP contribution in [0.1, 0.15) is 24.1 Å². The van der Waals surface area contributed by atoms with Gasteiger partial charge in [0, 0.05) is 17.3 Å². The zero-order valence-electron chi connectivity index (χ0n) is 16.6. The summed E-state index contributed by atoms with van der Waals surface area (Å²) in [5.41, 5.74) is 2.13. The second kappa shape index (κ2) is 9.80. The highest BCUT2D eigenvalue weighted by Crippen LogP contribution is 2.31. The van der Waals surface area contributed by atoms with Gasteiger partial charge in [-0.3, -0.25) is 9.36 Å². The molecule has 0 fully saturated rings. The molecule has 0 bridgehead atoms. The number of amides is 1. The molecule has 2 aromatic rings. The highest BCUT2D eigenvalue weighted by molar-refractivity contribution is 8.00. The highest BCUT2D eigenvalue weighted by atomic mass is 32.2. The molecule has 0 unspecified atom stereocenters. The lowest BCUT2D eigenvalue weighted by Gasteiger charge is -2.22. The lowest BCUT2D eigenvalue weighted by molar-refractivity contribution is -0.113. The molecule has 0 radical (unpaired) electrons. The number of methoxy groups -OCH3 is 2. The Kier molecular flexibility index (Phi) is 7.16. The Hall–Kier alpha value is -2.52. The molecule has 1 aromatic carbocycles. The van der Waals surface area contributed by atoms with E-state index in [0.29, 0.717) is 22.2 Å². The molecule has 0 aliphatic heterocycles. The van der Waals surface area contributed by atoms with Crippen molar-refractivity contribution in [3.05, 3.63) is 39.9 Å². The summed E-state index contributed by atoms with van der Waals surface area (Å²) in [5.74, 6) is 1.04. The maximum Gasteiger partial charge on any atom is 0.348 e. The average molecular weight is 420 g/mol. The van der Waals surface area contributed by atoms with E-state index in [1.807, 2.05) is 0 Å². The summed E-state index contributed by atoms with van der Waals surface area (Å²) in [4.78, 5) is 29.0. The number of thioether (sulfide) groups is 1. The minimum Gasteiger partial charge on any atom is -0.497 e. The number of hydrogen-bond acceptors (Lipinski definition) is 7. The molecule has 0 saturated carbocycles. The zero-order valence-corrected chi connectivity index (χ0v) is 17.4. The van der Waals surface area contributed by atoms with E-state index in [2.05, 4.69) is 10.3 Å². The van der Waals surface area contributed by atoms with Gasteiger partial charge in [-0.1, -0.05) is 11.8 Å². The molecule has 156 valence electrons. The van der Waals surface area contributed by atoms with Crippen molar-refractivity contribution < 1.29 is 19.4 Å². The Morgan fingerprint density at radius 1 is 1.28 bits per heavy atom. The second-order valence-electron chi connectivity index (χ2n) is 6.61. The van der Waals surface area contributed by atoms with Crippen molar-refractivity contribution >= 4 is 23.4 Å². The van der Waals surface area contributed by atoms with Gasteiger partial charge in [0.1, 0.15) is 16.5 Å². The molecular weight excluding hydrogens is 394 g/mol. The van der Waals surface area contributed by atoms with Gasteiger partial charge in [0.25, 0.3) is 0 Å². The third-order valence-corrected chi connectivity index (χ3v) is 5.81. The van der Waals surface area contributed by atoms with Gasteiger partial charge in [-0.05, 0) is 37.8 Å². The lowest BCUT2D eigenvalue weighted by atomic mass is 9.97. The average Bonchev–Trinajstić information content (AvgIpc) is 2.74. The zero-order chi connectivity index (χ0) is 20.8. The molecule has 1 aliphatic carbocycles. The van der Waals surface area contributed by atoms with Crippen molar-refractivity contribution in [3.63, 3.8) is 0 Å². The monoisotopic (exact) mass is 419 g/mol. The highest BCUT2D eigenvalue weighted by Gasteiger charge is 2.21. The van der Waals surface area contributed by atoms with Crippen molar-refractivity contribution in [1.82, 2.24) is 9.55 Å². The number of fused-ring (bicyclic) bond motifs is 1. The Morgan fingerprint density at radius 2 is 2.07 bits per heavy atom. The Labute approximate surface area is 173 Å². The van der Waals surface area contributed by atoms with Crippen LogP contribution >= 0.6 is 11.8 Å². The SMILES string of the molecule is COc1ccc(NC(=O)CSc2nc(=O)n(CCO)c3c2CCCC3)c(OC)c1. The number of aliphatic hydroxyl groups is 1. The van der Waals surface area contributed by atoms with Gasteiger partial charge in [0.15, 0.2) is 0 Å². The fourth-order valence-corrected chi connectivity index (χ4v) is 4.30. The molecule has 0 saturated heterocycles. The maximum atomic E-state index is 12.5. The smallest absolute Gasteiger partial charge is 0.348 e. The van der Waals surface area contributed by atoms with Crippen LogP contribution in [0.25, 0.3) is 0 Å². The van der Waals surface area contributed by atoms with E-state index >= 15 is 0 Å². The number of carbonyl (C=O) groups is 1. The number of rotatable bonds is 8. The molecule has 1 amide bonds. The van der Waals surface area contributed by atoms with Gasteiger partial charge in [0.2, 0.25) is 5.91 Å². The van der Waals surface area contributed by atoms with Gasteiger partial charge in [-0.2, -0.15) is 4.98 Å². The molecule has 3 rings (SSSR count). The van der Waals surface area contributed by atoms with E-state index in [9.17, 15) is 14.7 Å². The van der Waals surface area contributed by atoms with Crippen LogP contribution in [0.4, 0.5) is 5.69 Å². The standard InChI is InChI=1S/C20H25N3O5S/c1-27-13-7-8-15(17(11-13)28-2)21-18(25)12-29-19-14-5-3-4-6-16(14)23(9-10-24)20(26)22-19/h7-8,11,24H,3-6,9-10,12H2,1-2H3,(H,21,25). The van der Waals surface area contributed by atoms with Crippen LogP contribution in [0.2, 0.25) is 0 Å². The third-order valence-electron chi connectivity index (χ3n) is 4.80. The van der Waals surface area contributed by atoms with Crippen LogP contribution in [-0.4, -0.2) is 47.1 Å². The van der Waals surface area contributed by atoms with E-state index in [1.54, 1.807) is 29.9 Å². The number of nitrogens with zero attached hydrogens (tertiary/aromatic N) is 2. The van der Waals surface area contributed by atoms with Crippen molar-refractivity contribution in [1.29, 1.82) is 0 Å². The predicted molar refractivity (Wildman–Crippen MR) is 111 cm³/mol. The molecule has 2 N–H and O–H groups in total. The lowest BCUT2D eigenvalue weighted by Crippen LogP contribution is -2.31. The van der Waals surface area contributed by atoms with E-state index in [0.717, 1.165) is 36.9 Å². The van der Waals surface area contributed by atoms with Crippen LogP contribution in [0.5, 0.6) is 11.5 Å². The predicted octanol–water partition coefficient (Wildman–Crippen LogP) is 1.86. The molecule has 0 atom stereocenters. The first-order valence-corrected chi connectivity index (χ1v) is 10.4. The minimum absolute atomic E-state index is 0.105. The van der Waals surface area contributed by atoms with Gasteiger partial charge < -0.3 is 19.9 Å². The number of nitrogens with one attached hydrogen (secondary N) is 1. The number of benzene rings is 1. The summed E-state index contributed by atoms with van der Waals surface area (Å²) < 4.78 is 12.0. The van der Waals surface area contributed by atoms with Crippen molar-refractivity contribution in [2.24, 2.45) is 0 Å². The summed E-state index contributed by atoms with van der Waals surface area (Å²) in [6.07, 6.45) is 3.64. The summed E-state index contributed by atoms with van der Waals surface area (Å²) in [6.45, 7) is 0.142. The first kappa shape index (κ1) is 21.2. The fraction of sp³-hybridized carbons (Fsp3) is 0.450. The summed E-state index contributed by atoms with van der Waals surface area (Å²) >= 11 is 1.26. The number of hydrogen-bond donors (Lipinski definition) is 2. The Bertz CT molecular complexity index is 944. The van der Waals surface area contributed by atoms with Crippen LogP contribution in [0.3, 0.4) is 0 Å². The van der Waals surface area contributed by atoms with Gasteiger partial charge in [-0.15, -0.1) is 0 Å². The van der Waals surface area contributed by atoms with Crippen LogP contribution in [0, 0.1) is 0 Å². The number of carbonyl (C=O) groups excluding carboxylic acids is 1. The van der Waals surface area contributed by atoms with Gasteiger partial charge >= 0.3 is 5.69 Å². The largest absolute Gasteiger partial charge is 0.497 e. The van der Waals surface area contributed by atoms with Crippen LogP contribution < -0.4 is 20.5 Å². The quantitative estimate of drug-likeness (QED) is 0.497. The summed E-state index contributed by atoms with van der Waals surface area (Å²) in [6, 6.07) is 5.15. The van der Waals surface area contributed by atoms with Gasteiger partial charge in [0.05, 0.1) is 38.8 Å². The molecule has 0 spiro atoms. The fourth-order valence-electron chi connectivity index (χ4n) is 3.42. The second-order valence-corrected chi connectivity index (χ2v) is 7.57. The minimum atomic E-state index is -0.376. The Balaban J connectivity index is 1.74. The molecule has 8 nitrogen and oxygen atoms in total. The number of aromatic nitrogens is 2. The third kappa shape index (κ3) is 4.91. The summed E-state index contributed by atoms with van der Waals surface area (Å²) in [5, 5.41) is 12.7. The molecule has 1 aliphatic rings. The van der Waals surface area contributed by atoms with Crippen LogP contribution in [-0.2, 0) is 24.2 Å². The van der Waals surface area contributed by atoms with Crippen molar-refractivity contribution in [2.45, 2.75) is 37.3 Å². The molecule has 9 heteroatoms. The number of anilines is 1. The topological polar surface area (TPSA) is 103 Å². The molecular formula is C20H25N3O5S. The number of ether oxygens (including phenoxy) is 2. The number of aliphatic hydroxyl groups excluding tert-OH is 1. The van der Waals surface area contributed by atoms with Gasteiger partial charge in [-0.25, -0.2) is 4.79 Å². The molecule has 1 heterocycles. The maximum absolute atomic E-state index is 12.5. The van der Waals surface area contributed by atoms with Crippen molar-refractivity contribution in [3.8, 4) is 11.5 Å².